The van der Waals surface area contributed by atoms with Crippen molar-refractivity contribution in [3.8, 4) is 5.75 Å². The van der Waals surface area contributed by atoms with Crippen LogP contribution in [-0.2, 0) is 0 Å². The number of phenols is 1. The summed E-state index contributed by atoms with van der Waals surface area (Å²) in [5, 5.41) is 29.3. The predicted molar refractivity (Wildman–Crippen MR) is 105 cm³/mol. The minimum absolute atomic E-state index is 0.133. The van der Waals surface area contributed by atoms with Crippen LogP contribution in [0.4, 0.5) is 0 Å². The van der Waals surface area contributed by atoms with Crippen LogP contribution in [-0.4, -0.2) is 33.0 Å². The van der Waals surface area contributed by atoms with Crippen LogP contribution in [0.3, 0.4) is 0 Å². The molecule has 0 radical (unpaired) electrons. The molecule has 3 N–H and O–H groups in total. The first-order valence-electron chi connectivity index (χ1n) is 8.57. The number of phenolic OH excluding ortho intramolecular Hbond substituents is 1. The maximum absolute atomic E-state index is 10.5. The highest BCUT2D eigenvalue weighted by molar-refractivity contribution is 5.80. The van der Waals surface area contributed by atoms with Crippen LogP contribution in [0, 0.1) is 0 Å². The van der Waals surface area contributed by atoms with Gasteiger partial charge in [-0.25, -0.2) is 0 Å². The summed E-state index contributed by atoms with van der Waals surface area (Å²) in [4.78, 5) is 4.41. The molecule has 0 aliphatic heterocycles. The van der Waals surface area contributed by atoms with E-state index in [9.17, 15) is 10.2 Å². The fraction of sp³-hybridized carbons (Fsp3) is 0.227. The maximum atomic E-state index is 10.5. The van der Waals surface area contributed by atoms with Gasteiger partial charge in [-0.1, -0.05) is 36.4 Å². The Hall–Kier alpha value is -2.69. The summed E-state index contributed by atoms with van der Waals surface area (Å²) in [5.41, 5.74) is 4.05. The molecule has 136 valence electrons. The number of allylic oxidation sites excluding steroid dienone is 1. The molecule has 2 aromatic rings. The zero-order chi connectivity index (χ0) is 18.9. The van der Waals surface area contributed by atoms with Crippen molar-refractivity contribution in [2.45, 2.75) is 25.9 Å². The van der Waals surface area contributed by atoms with Crippen molar-refractivity contribution < 1.29 is 15.3 Å². The Morgan fingerprint density at radius 2 is 2.04 bits per heavy atom. The minimum atomic E-state index is -0.712. The second-order valence-electron chi connectivity index (χ2n) is 6.16. The quantitative estimate of drug-likeness (QED) is 0.629. The van der Waals surface area contributed by atoms with Gasteiger partial charge in [0.15, 0.2) is 0 Å². The molecule has 1 aromatic heterocycles. The normalized spacial score (nSPS) is 13.5. The highest BCUT2D eigenvalue weighted by Gasteiger charge is 2.13. The Morgan fingerprint density at radius 1 is 1.23 bits per heavy atom. The van der Waals surface area contributed by atoms with Gasteiger partial charge in [-0.3, -0.25) is 4.98 Å². The number of pyridine rings is 1. The first-order valence-corrected chi connectivity index (χ1v) is 8.57. The molecule has 0 saturated heterocycles. The molecule has 1 aromatic carbocycles. The zero-order valence-corrected chi connectivity index (χ0v) is 15.0. The Bertz CT molecular complexity index is 794. The number of hydrogen-bond acceptors (Lipinski definition) is 4. The van der Waals surface area contributed by atoms with E-state index >= 15 is 0 Å². The van der Waals surface area contributed by atoms with Crippen molar-refractivity contribution in [3.63, 3.8) is 0 Å². The van der Waals surface area contributed by atoms with Gasteiger partial charge in [0.2, 0.25) is 0 Å². The van der Waals surface area contributed by atoms with Gasteiger partial charge in [-0.15, -0.1) is 0 Å². The Kier molecular flexibility index (Phi) is 7.33. The molecule has 0 aliphatic rings. The highest BCUT2D eigenvalue weighted by Crippen LogP contribution is 2.26. The van der Waals surface area contributed by atoms with Crippen LogP contribution in [0.5, 0.6) is 5.75 Å². The van der Waals surface area contributed by atoms with E-state index < -0.39 is 6.10 Å². The molecule has 0 aliphatic carbocycles. The van der Waals surface area contributed by atoms with Gasteiger partial charge < -0.3 is 15.3 Å². The largest absolute Gasteiger partial charge is 0.508 e. The molecule has 4 nitrogen and oxygen atoms in total. The molecule has 2 rings (SSSR count). The standard InChI is InChI=1S/C22H25NO3/c1-16(2)20(11-13-24)22(26)10-9-18(21-8-3-4-12-23-21)14-17-6-5-7-19(25)15-17/h3-8,11-12,14-15,22,24-26H,1,9-10,13H2,2H3/b18-14-,20-11-. The third-order valence-corrected chi connectivity index (χ3v) is 4.06. The van der Waals surface area contributed by atoms with Gasteiger partial charge in [-0.2, -0.15) is 0 Å². The number of benzene rings is 1. The van der Waals surface area contributed by atoms with Crippen LogP contribution < -0.4 is 0 Å². The third-order valence-electron chi connectivity index (χ3n) is 4.06. The van der Waals surface area contributed by atoms with E-state index in [1.165, 1.54) is 0 Å². The van der Waals surface area contributed by atoms with Crippen molar-refractivity contribution in [1.82, 2.24) is 4.98 Å². The summed E-state index contributed by atoms with van der Waals surface area (Å²) >= 11 is 0. The number of aliphatic hydroxyl groups is 2. The van der Waals surface area contributed by atoms with Gasteiger partial charge in [0.25, 0.3) is 0 Å². The lowest BCUT2D eigenvalue weighted by Gasteiger charge is -2.16. The van der Waals surface area contributed by atoms with Crippen molar-refractivity contribution >= 4 is 11.6 Å². The molecule has 0 spiro atoms. The lowest BCUT2D eigenvalue weighted by atomic mass is 9.95. The zero-order valence-electron chi connectivity index (χ0n) is 15.0. The van der Waals surface area contributed by atoms with Crippen molar-refractivity contribution in [1.29, 1.82) is 0 Å². The predicted octanol–water partition coefficient (Wildman–Crippen LogP) is 3.96. The van der Waals surface area contributed by atoms with Crippen LogP contribution >= 0.6 is 0 Å². The summed E-state index contributed by atoms with van der Waals surface area (Å²) < 4.78 is 0. The summed E-state index contributed by atoms with van der Waals surface area (Å²) in [6.07, 6.45) is 5.63. The maximum Gasteiger partial charge on any atom is 0.116 e. The number of aromatic hydroxyl groups is 1. The number of rotatable bonds is 8. The van der Waals surface area contributed by atoms with Gasteiger partial charge in [0.1, 0.15) is 5.75 Å². The number of aliphatic hydroxyl groups excluding tert-OH is 2. The molecule has 0 bridgehead atoms. The number of hydrogen-bond donors (Lipinski definition) is 3. The smallest absolute Gasteiger partial charge is 0.116 e. The van der Waals surface area contributed by atoms with Crippen molar-refractivity contribution in [2.24, 2.45) is 0 Å². The van der Waals surface area contributed by atoms with Crippen molar-refractivity contribution in [2.75, 3.05) is 6.61 Å². The molecule has 4 heteroatoms. The highest BCUT2D eigenvalue weighted by atomic mass is 16.3. The third kappa shape index (κ3) is 5.69. The molecule has 0 saturated carbocycles. The molecule has 1 heterocycles. The summed E-state index contributed by atoms with van der Waals surface area (Å²) in [7, 11) is 0. The number of aromatic nitrogens is 1. The Morgan fingerprint density at radius 3 is 2.65 bits per heavy atom. The van der Waals surface area contributed by atoms with Crippen molar-refractivity contribution in [3.05, 3.63) is 83.7 Å². The van der Waals surface area contributed by atoms with E-state index in [-0.39, 0.29) is 12.4 Å². The molecule has 0 amide bonds. The minimum Gasteiger partial charge on any atom is -0.508 e. The fourth-order valence-electron chi connectivity index (χ4n) is 2.78. The Balaban J connectivity index is 2.25. The topological polar surface area (TPSA) is 73.6 Å². The number of nitrogens with zero attached hydrogens (tertiary/aromatic N) is 1. The second kappa shape index (κ2) is 9.70. The van der Waals surface area contributed by atoms with E-state index in [2.05, 4.69) is 11.6 Å². The average molecular weight is 351 g/mol. The first kappa shape index (κ1) is 19.6. The molecule has 1 atom stereocenters. The molecule has 1 unspecified atom stereocenters. The molecule has 26 heavy (non-hydrogen) atoms. The van der Waals surface area contributed by atoms with E-state index in [0.29, 0.717) is 18.4 Å². The lowest BCUT2D eigenvalue weighted by Crippen LogP contribution is -2.12. The average Bonchev–Trinajstić information content (AvgIpc) is 2.63. The van der Waals surface area contributed by atoms with Gasteiger partial charge in [-0.05, 0) is 66.8 Å². The van der Waals surface area contributed by atoms with Gasteiger partial charge in [0, 0.05) is 6.20 Å². The lowest BCUT2D eigenvalue weighted by molar-refractivity contribution is 0.203. The second-order valence-corrected chi connectivity index (χ2v) is 6.16. The van der Waals surface area contributed by atoms with E-state index in [1.807, 2.05) is 37.3 Å². The monoisotopic (exact) mass is 351 g/mol. The van der Waals surface area contributed by atoms with Crippen LogP contribution in [0.15, 0.2) is 72.5 Å². The summed E-state index contributed by atoms with van der Waals surface area (Å²) in [6.45, 7) is 5.54. The molecule has 0 fully saturated rings. The molecular weight excluding hydrogens is 326 g/mol. The SMILES string of the molecule is C=C(C)/C(=C/CO)C(O)CC/C(=C/c1cccc(O)c1)c1ccccn1. The summed E-state index contributed by atoms with van der Waals surface area (Å²) in [5.74, 6) is 0.203. The Labute approximate surface area is 154 Å². The van der Waals surface area contributed by atoms with Crippen LogP contribution in [0.1, 0.15) is 31.0 Å². The fourth-order valence-corrected chi connectivity index (χ4v) is 2.78. The van der Waals surface area contributed by atoms with Gasteiger partial charge in [0.05, 0.1) is 18.4 Å². The van der Waals surface area contributed by atoms with E-state index in [1.54, 1.807) is 30.5 Å². The first-order chi connectivity index (χ1) is 12.5. The van der Waals surface area contributed by atoms with Crippen LogP contribution in [0.2, 0.25) is 0 Å². The molecular formula is C22H25NO3. The van der Waals surface area contributed by atoms with Gasteiger partial charge >= 0.3 is 0 Å². The van der Waals surface area contributed by atoms with E-state index in [0.717, 1.165) is 22.4 Å². The summed E-state index contributed by atoms with van der Waals surface area (Å²) in [6, 6.07) is 12.7. The van der Waals surface area contributed by atoms with E-state index in [4.69, 9.17) is 5.11 Å². The van der Waals surface area contributed by atoms with Crippen LogP contribution in [0.25, 0.3) is 11.6 Å².